The third-order valence-corrected chi connectivity index (χ3v) is 4.07. The Balaban J connectivity index is 1.73. The molecule has 0 aliphatic carbocycles. The number of rotatable bonds is 6. The molecular formula is C19H13F6N5O3. The molecule has 1 heterocycles. The first kappa shape index (κ1) is 23.6. The third kappa shape index (κ3) is 6.48. The van der Waals surface area contributed by atoms with Gasteiger partial charge in [-0.1, -0.05) is 0 Å². The molecule has 0 saturated heterocycles. The number of amides is 1. The van der Waals surface area contributed by atoms with Crippen molar-refractivity contribution in [3.8, 4) is 17.6 Å². The minimum atomic E-state index is -4.89. The highest BCUT2D eigenvalue weighted by Gasteiger charge is 2.33. The lowest BCUT2D eigenvalue weighted by molar-refractivity contribution is -0.275. The molecule has 0 bridgehead atoms. The minimum absolute atomic E-state index is 0.0430. The maximum Gasteiger partial charge on any atom is 0.573 e. The first-order valence-corrected chi connectivity index (χ1v) is 8.95. The smallest absolute Gasteiger partial charge is 0.406 e. The van der Waals surface area contributed by atoms with Crippen LogP contribution in [0.3, 0.4) is 0 Å². The Morgan fingerprint density at radius 3 is 2.09 bits per heavy atom. The predicted octanol–water partition coefficient (Wildman–Crippen LogP) is 3.94. The van der Waals surface area contributed by atoms with Gasteiger partial charge < -0.3 is 14.8 Å². The fraction of sp³-hybridized carbons (Fsp3) is 0.263. The van der Waals surface area contributed by atoms with E-state index >= 15 is 0 Å². The number of aromatic nitrogens is 3. The molecule has 33 heavy (non-hydrogen) atoms. The van der Waals surface area contributed by atoms with E-state index in [0.717, 1.165) is 41.2 Å². The molecule has 3 rings (SSSR count). The maximum absolute atomic E-state index is 12.5. The summed E-state index contributed by atoms with van der Waals surface area (Å²) >= 11 is 0. The molecule has 1 aromatic heterocycles. The Morgan fingerprint density at radius 1 is 0.970 bits per heavy atom. The summed E-state index contributed by atoms with van der Waals surface area (Å²) in [6.07, 6.45) is -9.77. The second kappa shape index (κ2) is 8.49. The molecule has 8 nitrogen and oxygen atoms in total. The Hall–Kier alpha value is -4.02. The fourth-order valence-electron chi connectivity index (χ4n) is 2.72. The van der Waals surface area contributed by atoms with Crippen molar-refractivity contribution in [2.75, 3.05) is 0 Å². The van der Waals surface area contributed by atoms with E-state index in [0.29, 0.717) is 0 Å². The number of nitriles is 1. The van der Waals surface area contributed by atoms with Crippen molar-refractivity contribution in [2.24, 2.45) is 0 Å². The first-order chi connectivity index (χ1) is 15.3. The average molecular weight is 473 g/mol. The van der Waals surface area contributed by atoms with Crippen LogP contribution in [0.15, 0.2) is 42.5 Å². The summed E-state index contributed by atoms with van der Waals surface area (Å²) in [5, 5.41) is 20.0. The summed E-state index contributed by atoms with van der Waals surface area (Å²) in [6.45, 7) is 1.06. The lowest BCUT2D eigenvalue weighted by Crippen LogP contribution is -2.48. The molecule has 1 atom stereocenters. The Labute approximate surface area is 181 Å². The van der Waals surface area contributed by atoms with Crippen molar-refractivity contribution in [3.63, 3.8) is 0 Å². The molecule has 1 unspecified atom stereocenters. The van der Waals surface area contributed by atoms with Crippen LogP contribution in [0.25, 0.3) is 11.0 Å². The number of hydrogen-bond acceptors (Lipinski definition) is 6. The zero-order valence-electron chi connectivity index (χ0n) is 16.5. The van der Waals surface area contributed by atoms with Crippen LogP contribution in [-0.4, -0.2) is 39.2 Å². The summed E-state index contributed by atoms with van der Waals surface area (Å²) in [5.41, 5.74) is -1.34. The summed E-state index contributed by atoms with van der Waals surface area (Å²) < 4.78 is 81.4. The van der Waals surface area contributed by atoms with Crippen molar-refractivity contribution in [1.29, 1.82) is 5.26 Å². The van der Waals surface area contributed by atoms with Gasteiger partial charge in [0, 0.05) is 11.6 Å². The van der Waals surface area contributed by atoms with Gasteiger partial charge in [-0.2, -0.15) is 20.3 Å². The second-order valence-corrected chi connectivity index (χ2v) is 6.90. The van der Waals surface area contributed by atoms with Crippen LogP contribution in [-0.2, 0) is 6.54 Å². The summed E-state index contributed by atoms with van der Waals surface area (Å²) in [6, 6.07) is 9.22. The average Bonchev–Trinajstić information content (AvgIpc) is 3.07. The monoisotopic (exact) mass is 473 g/mol. The van der Waals surface area contributed by atoms with Gasteiger partial charge >= 0.3 is 12.7 Å². The van der Waals surface area contributed by atoms with Crippen molar-refractivity contribution in [1.82, 2.24) is 20.3 Å². The van der Waals surface area contributed by atoms with E-state index in [1.165, 1.54) is 13.0 Å². The molecule has 0 aliphatic heterocycles. The molecule has 14 heteroatoms. The number of hydrogen-bond donors (Lipinski definition) is 1. The highest BCUT2D eigenvalue weighted by atomic mass is 19.4. The van der Waals surface area contributed by atoms with E-state index < -0.39 is 35.7 Å². The van der Waals surface area contributed by atoms with Gasteiger partial charge in [-0.05, 0) is 43.3 Å². The Morgan fingerprint density at radius 2 is 1.52 bits per heavy atom. The molecule has 0 radical (unpaired) electrons. The number of nitrogens with one attached hydrogen (secondary N) is 1. The van der Waals surface area contributed by atoms with Gasteiger partial charge in [0.05, 0.1) is 12.6 Å². The van der Waals surface area contributed by atoms with Gasteiger partial charge in [-0.25, -0.2) is 0 Å². The topological polar surface area (TPSA) is 102 Å². The molecule has 0 spiro atoms. The van der Waals surface area contributed by atoms with Crippen LogP contribution in [0.5, 0.6) is 11.5 Å². The largest absolute Gasteiger partial charge is 0.573 e. The fourth-order valence-corrected chi connectivity index (χ4v) is 2.72. The lowest BCUT2D eigenvalue weighted by atomic mass is 10.0. The quantitative estimate of drug-likeness (QED) is 0.545. The molecule has 1 amide bonds. The van der Waals surface area contributed by atoms with E-state index in [4.69, 9.17) is 0 Å². The normalized spacial score (nSPS) is 13.8. The number of carbonyl (C=O) groups excluding carboxylic acids is 1. The van der Waals surface area contributed by atoms with Gasteiger partial charge in [0.25, 0.3) is 5.91 Å². The molecule has 174 valence electrons. The maximum atomic E-state index is 12.5. The lowest BCUT2D eigenvalue weighted by Gasteiger charge is -2.22. The van der Waals surface area contributed by atoms with Crippen molar-refractivity contribution < 1.29 is 40.6 Å². The minimum Gasteiger partial charge on any atom is -0.406 e. The third-order valence-electron chi connectivity index (χ3n) is 4.07. The summed E-state index contributed by atoms with van der Waals surface area (Å²) in [7, 11) is 0. The van der Waals surface area contributed by atoms with Gasteiger partial charge in [-0.15, -0.1) is 26.3 Å². The zero-order valence-corrected chi connectivity index (χ0v) is 16.5. The molecule has 0 aliphatic rings. The number of alkyl halides is 6. The van der Waals surface area contributed by atoms with Crippen LogP contribution < -0.4 is 14.8 Å². The van der Waals surface area contributed by atoms with Gasteiger partial charge in [-0.3, -0.25) is 4.79 Å². The Kier molecular flexibility index (Phi) is 6.08. The van der Waals surface area contributed by atoms with E-state index in [9.17, 15) is 36.4 Å². The second-order valence-electron chi connectivity index (χ2n) is 6.90. The highest BCUT2D eigenvalue weighted by Crippen LogP contribution is 2.26. The van der Waals surface area contributed by atoms with E-state index in [2.05, 4.69) is 25.0 Å². The number of benzene rings is 2. The number of ether oxygens (including phenoxy) is 2. The number of carbonyl (C=O) groups is 1. The molecule has 0 fully saturated rings. The molecule has 3 aromatic rings. The van der Waals surface area contributed by atoms with E-state index in [1.54, 1.807) is 0 Å². The van der Waals surface area contributed by atoms with Gasteiger partial charge in [0.15, 0.2) is 0 Å². The molecule has 1 N–H and O–H groups in total. The standard InChI is InChI=1S/C19H13F6N5O3/c1-17(9-26,27-16(31)11-2-4-12(5-3-11)32-18(20,21)22)10-30-28-14-7-6-13(8-15(14)29-30)33-19(23,24)25/h2-8H,10H2,1H3,(H,27,31). The van der Waals surface area contributed by atoms with Crippen molar-refractivity contribution >= 4 is 16.9 Å². The van der Waals surface area contributed by atoms with Gasteiger partial charge in [0.1, 0.15) is 28.1 Å². The van der Waals surface area contributed by atoms with E-state index in [-0.39, 0.29) is 23.1 Å². The summed E-state index contributed by atoms with van der Waals surface area (Å²) in [4.78, 5) is 13.5. The van der Waals surface area contributed by atoms with Gasteiger partial charge in [0.2, 0.25) is 0 Å². The van der Waals surface area contributed by atoms with Crippen molar-refractivity contribution in [3.05, 3.63) is 48.0 Å². The Bertz CT molecular complexity index is 1200. The van der Waals surface area contributed by atoms with Crippen LogP contribution in [0.1, 0.15) is 17.3 Å². The predicted molar refractivity (Wildman–Crippen MR) is 98.8 cm³/mol. The highest BCUT2D eigenvalue weighted by molar-refractivity contribution is 5.95. The molecular weight excluding hydrogens is 460 g/mol. The molecule has 2 aromatic carbocycles. The number of fused-ring (bicyclic) bond motifs is 1. The van der Waals surface area contributed by atoms with Crippen LogP contribution in [0.4, 0.5) is 26.3 Å². The number of halogens is 6. The zero-order chi connectivity index (χ0) is 24.4. The summed E-state index contributed by atoms with van der Waals surface area (Å²) in [5.74, 6) is -1.80. The van der Waals surface area contributed by atoms with E-state index in [1.807, 2.05) is 6.07 Å². The van der Waals surface area contributed by atoms with Crippen molar-refractivity contribution in [2.45, 2.75) is 31.7 Å². The molecule has 0 saturated carbocycles. The van der Waals surface area contributed by atoms with Crippen LogP contribution in [0, 0.1) is 11.3 Å². The number of nitrogens with zero attached hydrogens (tertiary/aromatic N) is 4. The first-order valence-electron chi connectivity index (χ1n) is 8.95. The SMILES string of the molecule is CC(C#N)(Cn1nc2ccc(OC(F)(F)F)cc2n1)NC(=O)c1ccc(OC(F)(F)F)cc1. The van der Waals surface area contributed by atoms with Crippen LogP contribution >= 0.6 is 0 Å². The van der Waals surface area contributed by atoms with Crippen LogP contribution in [0.2, 0.25) is 0 Å².